The van der Waals surface area contributed by atoms with E-state index in [9.17, 15) is 4.79 Å². The second-order valence-corrected chi connectivity index (χ2v) is 7.05. The zero-order chi connectivity index (χ0) is 18.4. The van der Waals surface area contributed by atoms with Crippen molar-refractivity contribution in [1.82, 2.24) is 14.5 Å². The van der Waals surface area contributed by atoms with E-state index in [2.05, 4.69) is 22.0 Å². The lowest BCUT2D eigenvalue weighted by Crippen LogP contribution is -2.30. The zero-order valence-corrected chi connectivity index (χ0v) is 15.2. The highest BCUT2D eigenvalue weighted by atomic mass is 16.1. The van der Waals surface area contributed by atoms with Crippen LogP contribution in [0.15, 0.2) is 65.6 Å². The van der Waals surface area contributed by atoms with Crippen LogP contribution in [0.5, 0.6) is 0 Å². The molecule has 0 saturated carbocycles. The molecule has 1 atom stereocenters. The molecule has 5 heteroatoms. The van der Waals surface area contributed by atoms with E-state index in [-0.39, 0.29) is 11.6 Å². The molecule has 0 N–H and O–H groups in total. The quantitative estimate of drug-likeness (QED) is 0.548. The number of aromatic nitrogens is 3. The summed E-state index contributed by atoms with van der Waals surface area (Å²) in [5, 5.41) is 1.81. The van der Waals surface area contributed by atoms with Gasteiger partial charge in [-0.25, -0.2) is 4.98 Å². The first-order chi connectivity index (χ1) is 13.2. The van der Waals surface area contributed by atoms with Gasteiger partial charge in [0.05, 0.1) is 22.5 Å². The van der Waals surface area contributed by atoms with Crippen LogP contribution >= 0.6 is 0 Å². The Hall–Kier alpha value is -3.21. The van der Waals surface area contributed by atoms with Crippen LogP contribution in [0.25, 0.3) is 21.8 Å². The number of rotatable bonds is 2. The van der Waals surface area contributed by atoms with Crippen molar-refractivity contribution < 1.29 is 0 Å². The highest BCUT2D eigenvalue weighted by Gasteiger charge is 2.30. The van der Waals surface area contributed by atoms with E-state index in [1.807, 2.05) is 55.7 Å². The molecule has 5 nitrogen and oxygen atoms in total. The van der Waals surface area contributed by atoms with Crippen LogP contribution in [0, 0.1) is 0 Å². The van der Waals surface area contributed by atoms with E-state index >= 15 is 0 Å². The van der Waals surface area contributed by atoms with Crippen LogP contribution in [0.3, 0.4) is 0 Å². The molecule has 1 aliphatic rings. The average Bonchev–Trinajstić information content (AvgIpc) is 3.19. The second-order valence-electron chi connectivity index (χ2n) is 7.05. The number of nitrogens with zero attached hydrogens (tertiary/aromatic N) is 4. The van der Waals surface area contributed by atoms with E-state index in [1.165, 1.54) is 0 Å². The number of para-hydroxylation sites is 2. The largest absolute Gasteiger partial charge is 0.361 e. The summed E-state index contributed by atoms with van der Waals surface area (Å²) in [5.41, 5.74) is 2.93. The minimum atomic E-state index is 0.0158. The maximum absolute atomic E-state index is 12.9. The minimum Gasteiger partial charge on any atom is -0.361 e. The zero-order valence-electron chi connectivity index (χ0n) is 15.2. The molecule has 4 aromatic rings. The van der Waals surface area contributed by atoms with Gasteiger partial charge in [0.25, 0.3) is 5.56 Å². The molecule has 1 aliphatic heterocycles. The number of hydrogen-bond donors (Lipinski definition) is 0. The summed E-state index contributed by atoms with van der Waals surface area (Å²) < 4.78 is 1.72. The molecule has 0 spiro atoms. The van der Waals surface area contributed by atoms with Crippen LogP contribution in [-0.4, -0.2) is 21.1 Å². The number of fused-ring (bicyclic) bond motifs is 2. The smallest absolute Gasteiger partial charge is 0.261 e. The van der Waals surface area contributed by atoms with Crippen molar-refractivity contribution in [1.29, 1.82) is 0 Å². The topological polar surface area (TPSA) is 51.0 Å². The van der Waals surface area contributed by atoms with Gasteiger partial charge in [-0.15, -0.1) is 0 Å². The first-order valence-electron chi connectivity index (χ1n) is 9.30. The van der Waals surface area contributed by atoms with Crippen molar-refractivity contribution in [2.45, 2.75) is 18.9 Å². The summed E-state index contributed by atoms with van der Waals surface area (Å²) in [4.78, 5) is 24.6. The van der Waals surface area contributed by atoms with Crippen molar-refractivity contribution in [2.24, 2.45) is 7.05 Å². The Morgan fingerprint density at radius 3 is 2.56 bits per heavy atom. The average molecular weight is 356 g/mol. The van der Waals surface area contributed by atoms with Crippen LogP contribution in [0.4, 0.5) is 5.69 Å². The predicted molar refractivity (Wildman–Crippen MR) is 108 cm³/mol. The second kappa shape index (κ2) is 6.20. The van der Waals surface area contributed by atoms with Crippen LogP contribution in [0.2, 0.25) is 0 Å². The van der Waals surface area contributed by atoms with E-state index in [0.717, 1.165) is 47.3 Å². The molecule has 1 fully saturated rings. The fourth-order valence-electron chi connectivity index (χ4n) is 4.19. The van der Waals surface area contributed by atoms with Gasteiger partial charge in [0, 0.05) is 30.9 Å². The maximum atomic E-state index is 12.9. The van der Waals surface area contributed by atoms with Gasteiger partial charge in [-0.3, -0.25) is 14.3 Å². The van der Waals surface area contributed by atoms with Crippen molar-refractivity contribution in [2.75, 3.05) is 11.4 Å². The predicted octanol–water partition coefficient (Wildman–Crippen LogP) is 3.82. The van der Waals surface area contributed by atoms with Crippen LogP contribution in [0.1, 0.15) is 24.7 Å². The Bertz CT molecular complexity index is 1210. The summed E-state index contributed by atoms with van der Waals surface area (Å²) in [6.45, 7) is 0.946. The van der Waals surface area contributed by atoms with Crippen LogP contribution in [-0.2, 0) is 7.05 Å². The summed E-state index contributed by atoms with van der Waals surface area (Å²) in [5.74, 6) is 0.831. The molecule has 134 valence electrons. The SMILES string of the molecule is Cn1c(C2CCCN2c2ccnc3ccccc23)nc2ccccc2c1=O. The Morgan fingerprint density at radius 2 is 1.70 bits per heavy atom. The van der Waals surface area contributed by atoms with Crippen LogP contribution < -0.4 is 10.5 Å². The lowest BCUT2D eigenvalue weighted by molar-refractivity contribution is 0.611. The molecule has 0 bridgehead atoms. The molecule has 2 aromatic heterocycles. The summed E-state index contributed by atoms with van der Waals surface area (Å²) in [6, 6.07) is 17.9. The Kier molecular flexibility index (Phi) is 3.67. The molecular formula is C22H20N4O. The van der Waals surface area contributed by atoms with E-state index in [0.29, 0.717) is 5.39 Å². The molecule has 0 radical (unpaired) electrons. The van der Waals surface area contributed by atoms with Gasteiger partial charge < -0.3 is 4.90 Å². The highest BCUT2D eigenvalue weighted by Crippen LogP contribution is 2.38. The monoisotopic (exact) mass is 356 g/mol. The van der Waals surface area contributed by atoms with Crippen molar-refractivity contribution in [3.63, 3.8) is 0 Å². The lowest BCUT2D eigenvalue weighted by atomic mass is 10.1. The van der Waals surface area contributed by atoms with Gasteiger partial charge >= 0.3 is 0 Å². The van der Waals surface area contributed by atoms with Crippen molar-refractivity contribution >= 4 is 27.5 Å². The van der Waals surface area contributed by atoms with E-state index in [4.69, 9.17) is 4.98 Å². The molecule has 0 aliphatic carbocycles. The summed E-state index contributed by atoms with van der Waals surface area (Å²) in [7, 11) is 1.83. The first kappa shape index (κ1) is 16.0. The molecule has 3 heterocycles. The van der Waals surface area contributed by atoms with Gasteiger partial charge in [0.2, 0.25) is 0 Å². The molecule has 0 amide bonds. The fraction of sp³-hybridized carbons (Fsp3) is 0.227. The Balaban J connectivity index is 1.68. The highest BCUT2D eigenvalue weighted by molar-refractivity contribution is 5.91. The molecular weight excluding hydrogens is 336 g/mol. The normalized spacial score (nSPS) is 17.1. The number of hydrogen-bond acceptors (Lipinski definition) is 4. The van der Waals surface area contributed by atoms with E-state index < -0.39 is 0 Å². The van der Waals surface area contributed by atoms with Crippen molar-refractivity contribution in [3.05, 3.63) is 77.0 Å². The Labute approximate surface area is 156 Å². The third-order valence-electron chi connectivity index (χ3n) is 5.50. The molecule has 1 unspecified atom stereocenters. The summed E-state index contributed by atoms with van der Waals surface area (Å²) in [6.07, 6.45) is 3.92. The van der Waals surface area contributed by atoms with Gasteiger partial charge in [-0.05, 0) is 37.1 Å². The van der Waals surface area contributed by atoms with Gasteiger partial charge in [0.15, 0.2) is 0 Å². The molecule has 5 rings (SSSR count). The fourth-order valence-corrected chi connectivity index (χ4v) is 4.19. The van der Waals surface area contributed by atoms with Crippen molar-refractivity contribution in [3.8, 4) is 0 Å². The lowest BCUT2D eigenvalue weighted by Gasteiger charge is -2.28. The van der Waals surface area contributed by atoms with Gasteiger partial charge in [-0.2, -0.15) is 0 Å². The number of benzene rings is 2. The Morgan fingerprint density at radius 1 is 0.963 bits per heavy atom. The minimum absolute atomic E-state index is 0.0158. The van der Waals surface area contributed by atoms with E-state index in [1.54, 1.807) is 4.57 Å². The van der Waals surface area contributed by atoms with Gasteiger partial charge in [0.1, 0.15) is 5.82 Å². The third-order valence-corrected chi connectivity index (χ3v) is 5.50. The number of anilines is 1. The maximum Gasteiger partial charge on any atom is 0.261 e. The summed E-state index contributed by atoms with van der Waals surface area (Å²) >= 11 is 0. The standard InChI is InChI=1S/C22H20N4O/c1-25-21(24-18-10-5-3-8-16(18)22(25)27)20-11-6-14-26(20)19-12-13-23-17-9-4-2-7-15(17)19/h2-5,7-10,12-13,20H,6,11,14H2,1H3. The molecule has 1 saturated heterocycles. The molecule has 2 aromatic carbocycles. The third kappa shape index (κ3) is 2.50. The number of pyridine rings is 1. The van der Waals surface area contributed by atoms with Gasteiger partial charge in [-0.1, -0.05) is 30.3 Å². The first-order valence-corrected chi connectivity index (χ1v) is 9.30. The molecule has 27 heavy (non-hydrogen) atoms.